The van der Waals surface area contributed by atoms with E-state index >= 15 is 0 Å². The Balaban J connectivity index is 1.64. The summed E-state index contributed by atoms with van der Waals surface area (Å²) in [5.74, 6) is -0.781. The molecule has 8 heteroatoms. The standard InChI is InChI=1S/C25H30N2O5S/c1-3-16(14-23(28)29)26-24(30)22(12-13-33-2)27-25(31)32-15-21-19-10-6-4-8-17(19)18-9-5-7-11-20(18)21/h4-11,16,21-22H,3,12-15H2,1-2H3,(H,26,30)(H,27,31)(H,28,29). The molecule has 0 spiro atoms. The van der Waals surface area contributed by atoms with Crippen molar-refractivity contribution in [1.82, 2.24) is 10.6 Å². The number of fused-ring (bicyclic) bond motifs is 3. The van der Waals surface area contributed by atoms with Crippen LogP contribution in [0.1, 0.15) is 43.2 Å². The lowest BCUT2D eigenvalue weighted by atomic mass is 9.98. The van der Waals surface area contributed by atoms with Crippen molar-refractivity contribution in [3.63, 3.8) is 0 Å². The highest BCUT2D eigenvalue weighted by atomic mass is 32.2. The van der Waals surface area contributed by atoms with Crippen LogP contribution in [-0.4, -0.2) is 53.8 Å². The van der Waals surface area contributed by atoms with Crippen LogP contribution in [-0.2, 0) is 14.3 Å². The summed E-state index contributed by atoms with van der Waals surface area (Å²) in [6, 6.07) is 14.9. The van der Waals surface area contributed by atoms with E-state index in [0.717, 1.165) is 22.3 Å². The van der Waals surface area contributed by atoms with Gasteiger partial charge in [-0.15, -0.1) is 0 Å². The van der Waals surface area contributed by atoms with Crippen LogP contribution in [0.25, 0.3) is 11.1 Å². The summed E-state index contributed by atoms with van der Waals surface area (Å²) in [7, 11) is 0. The van der Waals surface area contributed by atoms with Crippen LogP contribution in [0.4, 0.5) is 4.79 Å². The van der Waals surface area contributed by atoms with E-state index in [1.165, 1.54) is 0 Å². The highest BCUT2D eigenvalue weighted by Gasteiger charge is 2.30. The molecule has 2 aromatic carbocycles. The summed E-state index contributed by atoms with van der Waals surface area (Å²) in [4.78, 5) is 36.4. The van der Waals surface area contributed by atoms with Gasteiger partial charge in [-0.05, 0) is 47.1 Å². The molecule has 0 aromatic heterocycles. The predicted molar refractivity (Wildman–Crippen MR) is 129 cm³/mol. The number of aliphatic carboxylic acids is 1. The summed E-state index contributed by atoms with van der Waals surface area (Å²) in [6.45, 7) is 1.97. The topological polar surface area (TPSA) is 105 Å². The molecule has 0 saturated heterocycles. The van der Waals surface area contributed by atoms with Gasteiger partial charge in [-0.25, -0.2) is 4.79 Å². The van der Waals surface area contributed by atoms with Gasteiger partial charge in [0.2, 0.25) is 5.91 Å². The zero-order valence-electron chi connectivity index (χ0n) is 18.9. The van der Waals surface area contributed by atoms with Gasteiger partial charge in [-0.1, -0.05) is 55.5 Å². The van der Waals surface area contributed by atoms with E-state index in [2.05, 4.69) is 22.8 Å². The number of amides is 2. The summed E-state index contributed by atoms with van der Waals surface area (Å²) >= 11 is 1.56. The first kappa shape index (κ1) is 24.6. The normalized spacial score (nSPS) is 14.0. The summed E-state index contributed by atoms with van der Waals surface area (Å²) in [5.41, 5.74) is 4.51. The minimum Gasteiger partial charge on any atom is -0.481 e. The van der Waals surface area contributed by atoms with Crippen LogP contribution in [0.3, 0.4) is 0 Å². The minimum absolute atomic E-state index is 0.0679. The first-order chi connectivity index (χ1) is 15.9. The number of hydrogen-bond acceptors (Lipinski definition) is 5. The smallest absolute Gasteiger partial charge is 0.407 e. The van der Waals surface area contributed by atoms with Crippen molar-refractivity contribution in [3.8, 4) is 11.1 Å². The number of rotatable bonds is 11. The van der Waals surface area contributed by atoms with E-state index in [-0.39, 0.29) is 18.9 Å². The SMILES string of the molecule is CCC(CC(=O)O)NC(=O)C(CCSC)NC(=O)OCC1c2ccccc2-c2ccccc21. The van der Waals surface area contributed by atoms with Crippen molar-refractivity contribution in [2.45, 2.75) is 44.2 Å². The Bertz CT molecular complexity index is 951. The molecule has 2 atom stereocenters. The lowest BCUT2D eigenvalue weighted by Gasteiger charge is -2.22. The van der Waals surface area contributed by atoms with Crippen LogP contribution >= 0.6 is 11.8 Å². The van der Waals surface area contributed by atoms with Gasteiger partial charge in [0.15, 0.2) is 0 Å². The maximum Gasteiger partial charge on any atom is 0.407 e. The number of alkyl carbamates (subject to hydrolysis) is 1. The van der Waals surface area contributed by atoms with Crippen LogP contribution < -0.4 is 10.6 Å². The molecule has 0 heterocycles. The molecule has 33 heavy (non-hydrogen) atoms. The first-order valence-corrected chi connectivity index (χ1v) is 12.5. The van der Waals surface area contributed by atoms with Crippen molar-refractivity contribution in [3.05, 3.63) is 59.7 Å². The molecule has 7 nitrogen and oxygen atoms in total. The highest BCUT2D eigenvalue weighted by Crippen LogP contribution is 2.44. The van der Waals surface area contributed by atoms with E-state index in [1.54, 1.807) is 11.8 Å². The Kier molecular flexibility index (Phi) is 8.77. The largest absolute Gasteiger partial charge is 0.481 e. The molecular weight excluding hydrogens is 440 g/mol. The molecule has 176 valence electrons. The lowest BCUT2D eigenvalue weighted by molar-refractivity contribution is -0.137. The number of ether oxygens (including phenoxy) is 1. The Morgan fingerprint density at radius 3 is 2.18 bits per heavy atom. The Morgan fingerprint density at radius 2 is 1.64 bits per heavy atom. The molecular formula is C25H30N2O5S. The second-order valence-corrected chi connectivity index (χ2v) is 9.00. The fourth-order valence-corrected chi connectivity index (χ4v) is 4.57. The Labute approximate surface area is 198 Å². The minimum atomic E-state index is -0.979. The van der Waals surface area contributed by atoms with E-state index in [9.17, 15) is 14.4 Å². The Morgan fingerprint density at radius 1 is 1.03 bits per heavy atom. The van der Waals surface area contributed by atoms with Crippen molar-refractivity contribution in [2.24, 2.45) is 0 Å². The second kappa shape index (κ2) is 11.7. The molecule has 3 rings (SSSR count). The van der Waals surface area contributed by atoms with Gasteiger partial charge in [0.25, 0.3) is 0 Å². The van der Waals surface area contributed by atoms with Gasteiger partial charge in [-0.2, -0.15) is 11.8 Å². The van der Waals surface area contributed by atoms with Crippen LogP contribution in [0.15, 0.2) is 48.5 Å². The zero-order chi connectivity index (χ0) is 23.8. The molecule has 0 saturated carbocycles. The molecule has 3 N–H and O–H groups in total. The van der Waals surface area contributed by atoms with Gasteiger partial charge >= 0.3 is 12.1 Å². The third kappa shape index (κ3) is 6.28. The van der Waals surface area contributed by atoms with E-state index < -0.39 is 30.1 Å². The molecule has 2 aromatic rings. The molecule has 0 radical (unpaired) electrons. The third-order valence-corrected chi connectivity index (χ3v) is 6.47. The summed E-state index contributed by atoms with van der Waals surface area (Å²) < 4.78 is 5.57. The van der Waals surface area contributed by atoms with Gasteiger partial charge in [0.1, 0.15) is 12.6 Å². The van der Waals surface area contributed by atoms with E-state index in [1.807, 2.05) is 49.6 Å². The lowest BCUT2D eigenvalue weighted by Crippen LogP contribution is -2.50. The van der Waals surface area contributed by atoms with Gasteiger partial charge in [0, 0.05) is 12.0 Å². The van der Waals surface area contributed by atoms with Crippen molar-refractivity contribution < 1.29 is 24.2 Å². The van der Waals surface area contributed by atoms with Crippen LogP contribution in [0, 0.1) is 0 Å². The average Bonchev–Trinajstić information content (AvgIpc) is 3.13. The molecule has 1 aliphatic rings. The number of nitrogens with one attached hydrogen (secondary N) is 2. The maximum absolute atomic E-state index is 12.7. The number of carboxylic acids is 1. The number of thioether (sulfide) groups is 1. The van der Waals surface area contributed by atoms with Crippen molar-refractivity contribution >= 4 is 29.7 Å². The van der Waals surface area contributed by atoms with Crippen LogP contribution in [0.5, 0.6) is 0 Å². The number of carbonyl (C=O) groups is 3. The number of hydrogen-bond donors (Lipinski definition) is 3. The number of benzene rings is 2. The predicted octanol–water partition coefficient (Wildman–Crippen LogP) is 4.02. The zero-order valence-corrected chi connectivity index (χ0v) is 19.7. The number of carboxylic acid groups (broad SMARTS) is 1. The molecule has 0 fully saturated rings. The quantitative estimate of drug-likeness (QED) is 0.458. The molecule has 2 unspecified atom stereocenters. The van der Waals surface area contributed by atoms with Gasteiger partial charge < -0.3 is 20.5 Å². The van der Waals surface area contributed by atoms with Gasteiger partial charge in [-0.3, -0.25) is 9.59 Å². The monoisotopic (exact) mass is 470 g/mol. The fraction of sp³-hybridized carbons (Fsp3) is 0.400. The molecule has 0 aliphatic heterocycles. The first-order valence-electron chi connectivity index (χ1n) is 11.1. The summed E-state index contributed by atoms with van der Waals surface area (Å²) in [5, 5.41) is 14.4. The summed E-state index contributed by atoms with van der Waals surface area (Å²) in [6.07, 6.45) is 1.99. The average molecular weight is 471 g/mol. The van der Waals surface area contributed by atoms with Gasteiger partial charge in [0.05, 0.1) is 6.42 Å². The van der Waals surface area contributed by atoms with Crippen molar-refractivity contribution in [2.75, 3.05) is 18.6 Å². The second-order valence-electron chi connectivity index (χ2n) is 8.02. The van der Waals surface area contributed by atoms with Crippen molar-refractivity contribution in [1.29, 1.82) is 0 Å². The van der Waals surface area contributed by atoms with E-state index in [4.69, 9.17) is 9.84 Å². The molecule has 1 aliphatic carbocycles. The number of carbonyl (C=O) groups excluding carboxylic acids is 2. The molecule has 2 amide bonds. The maximum atomic E-state index is 12.7. The van der Waals surface area contributed by atoms with Crippen LogP contribution in [0.2, 0.25) is 0 Å². The third-order valence-electron chi connectivity index (χ3n) is 5.82. The Hall–Kier alpha value is -3.00. The molecule has 0 bridgehead atoms. The van der Waals surface area contributed by atoms with E-state index in [0.29, 0.717) is 18.6 Å². The fourth-order valence-electron chi connectivity index (χ4n) is 4.10. The highest BCUT2D eigenvalue weighted by molar-refractivity contribution is 7.98.